The van der Waals surface area contributed by atoms with Crippen LogP contribution >= 0.6 is 0 Å². The molecule has 3 N–H and O–H groups in total. The Balaban J connectivity index is 1.71. The van der Waals surface area contributed by atoms with Gasteiger partial charge in [0.2, 0.25) is 0 Å². The monoisotopic (exact) mass is 377 g/mol. The van der Waals surface area contributed by atoms with Crippen molar-refractivity contribution in [2.75, 3.05) is 11.8 Å². The Labute approximate surface area is 153 Å². The van der Waals surface area contributed by atoms with Gasteiger partial charge in [0.25, 0.3) is 10.2 Å². The number of benzene rings is 1. The van der Waals surface area contributed by atoms with Crippen LogP contribution in [-0.4, -0.2) is 42.0 Å². The Kier molecular flexibility index (Phi) is 5.28. The quantitative estimate of drug-likeness (QED) is 0.852. The largest absolute Gasteiger partial charge is 0.329 e. The lowest BCUT2D eigenvalue weighted by Gasteiger charge is -2.31. The number of aromatic nitrogens is 2. The average molecular weight is 377 g/mol. The van der Waals surface area contributed by atoms with Crippen LogP contribution < -0.4 is 9.86 Å². The summed E-state index contributed by atoms with van der Waals surface area (Å²) in [6, 6.07) is 6.81. The van der Waals surface area contributed by atoms with Crippen LogP contribution in [0.5, 0.6) is 0 Å². The third-order valence-corrected chi connectivity index (χ3v) is 5.19. The molecule has 1 aliphatic carbocycles. The van der Waals surface area contributed by atoms with Crippen LogP contribution in [-0.2, 0) is 10.2 Å². The van der Waals surface area contributed by atoms with E-state index in [9.17, 15) is 13.2 Å². The highest BCUT2D eigenvalue weighted by atomic mass is 32.2. The summed E-state index contributed by atoms with van der Waals surface area (Å²) in [5, 5.41) is 4.95. The van der Waals surface area contributed by atoms with E-state index in [2.05, 4.69) is 9.71 Å². The minimum atomic E-state index is -3.80. The van der Waals surface area contributed by atoms with E-state index < -0.39 is 10.2 Å². The zero-order valence-electron chi connectivity index (χ0n) is 14.6. The molecule has 1 aromatic heterocycles. The summed E-state index contributed by atoms with van der Waals surface area (Å²) in [6.07, 6.45) is 8.85. The van der Waals surface area contributed by atoms with Crippen LogP contribution in [0, 0.1) is 0 Å². The predicted molar refractivity (Wildman–Crippen MR) is 99.8 cm³/mol. The van der Waals surface area contributed by atoms with Crippen LogP contribution in [0.25, 0.3) is 11.3 Å². The van der Waals surface area contributed by atoms with Gasteiger partial charge in [-0.25, -0.2) is 14.9 Å². The van der Waals surface area contributed by atoms with Gasteiger partial charge < -0.3 is 4.90 Å². The lowest BCUT2D eigenvalue weighted by Crippen LogP contribution is -2.40. The van der Waals surface area contributed by atoms with Crippen molar-refractivity contribution in [1.29, 1.82) is 0 Å². The summed E-state index contributed by atoms with van der Waals surface area (Å²) in [6.45, 7) is 0. The molecule has 1 saturated carbocycles. The molecule has 3 rings (SSSR count). The van der Waals surface area contributed by atoms with Gasteiger partial charge in [-0.1, -0.05) is 31.4 Å². The molecule has 1 heterocycles. The molecular formula is C17H23N5O3S. The maximum Gasteiger partial charge on any atom is 0.329 e. The summed E-state index contributed by atoms with van der Waals surface area (Å²) in [4.78, 5) is 18.7. The summed E-state index contributed by atoms with van der Waals surface area (Å²) >= 11 is 0. The Morgan fingerprint density at radius 1 is 1.23 bits per heavy atom. The molecule has 0 aliphatic heterocycles. The fourth-order valence-electron chi connectivity index (χ4n) is 3.26. The molecular weight excluding hydrogens is 354 g/mol. The molecule has 1 aliphatic rings. The van der Waals surface area contributed by atoms with Gasteiger partial charge in [0.05, 0.1) is 5.69 Å². The van der Waals surface area contributed by atoms with Gasteiger partial charge in [0, 0.05) is 30.5 Å². The van der Waals surface area contributed by atoms with Crippen molar-refractivity contribution >= 4 is 21.9 Å². The van der Waals surface area contributed by atoms with Crippen molar-refractivity contribution in [3.8, 4) is 11.3 Å². The highest BCUT2D eigenvalue weighted by molar-refractivity contribution is 7.90. The maximum atomic E-state index is 12.7. The third kappa shape index (κ3) is 4.41. The highest BCUT2D eigenvalue weighted by Gasteiger charge is 2.23. The molecule has 1 amide bonds. The van der Waals surface area contributed by atoms with Crippen LogP contribution in [0.4, 0.5) is 10.5 Å². The van der Waals surface area contributed by atoms with Gasteiger partial charge in [0.1, 0.15) is 6.33 Å². The van der Waals surface area contributed by atoms with Crippen molar-refractivity contribution in [2.24, 2.45) is 5.14 Å². The van der Waals surface area contributed by atoms with Gasteiger partial charge in [-0.15, -0.1) is 0 Å². The standard InChI is InChI=1S/C17H23N5O3S/c1-21(15-5-3-2-4-6-15)17(23)22-11-16(19-12-22)13-7-9-14(10-8-13)20-26(18,24)25/h7-12,15,20H,2-6H2,1H3,(H2,18,24,25). The maximum absolute atomic E-state index is 12.7. The first-order chi connectivity index (χ1) is 12.3. The zero-order valence-corrected chi connectivity index (χ0v) is 15.4. The molecule has 8 nitrogen and oxygen atoms in total. The normalized spacial score (nSPS) is 15.6. The van der Waals surface area contributed by atoms with E-state index in [1.807, 2.05) is 7.05 Å². The molecule has 1 fully saturated rings. The summed E-state index contributed by atoms with van der Waals surface area (Å²) in [5.41, 5.74) is 1.78. The second-order valence-corrected chi connectivity index (χ2v) is 7.87. The summed E-state index contributed by atoms with van der Waals surface area (Å²) < 4.78 is 25.8. The molecule has 0 unspecified atom stereocenters. The molecule has 0 spiro atoms. The third-order valence-electron chi connectivity index (χ3n) is 4.67. The van der Waals surface area contributed by atoms with Crippen molar-refractivity contribution in [3.05, 3.63) is 36.8 Å². The first-order valence-electron chi connectivity index (χ1n) is 8.55. The second kappa shape index (κ2) is 7.46. The molecule has 1 aromatic carbocycles. The van der Waals surface area contributed by atoms with Crippen molar-refractivity contribution in [2.45, 2.75) is 38.1 Å². The van der Waals surface area contributed by atoms with Gasteiger partial charge in [0.15, 0.2) is 0 Å². The van der Waals surface area contributed by atoms with Crippen LogP contribution in [0.2, 0.25) is 0 Å². The number of carbonyl (C=O) groups is 1. The van der Waals surface area contributed by atoms with E-state index in [4.69, 9.17) is 5.14 Å². The number of carbonyl (C=O) groups excluding carboxylic acids is 1. The molecule has 0 bridgehead atoms. The number of nitrogens with two attached hydrogens (primary N) is 1. The molecule has 26 heavy (non-hydrogen) atoms. The van der Waals surface area contributed by atoms with Crippen molar-refractivity contribution < 1.29 is 13.2 Å². The molecule has 140 valence electrons. The number of hydrogen-bond donors (Lipinski definition) is 2. The van der Waals surface area contributed by atoms with Gasteiger partial charge >= 0.3 is 6.03 Å². The number of nitrogens with zero attached hydrogens (tertiary/aromatic N) is 3. The Bertz CT molecular complexity index is 870. The number of amides is 1. The number of hydrogen-bond acceptors (Lipinski definition) is 4. The SMILES string of the molecule is CN(C(=O)n1cnc(-c2ccc(NS(N)(=O)=O)cc2)c1)C1CCCCC1. The van der Waals surface area contributed by atoms with E-state index >= 15 is 0 Å². The number of nitrogens with one attached hydrogen (secondary N) is 1. The first kappa shape index (κ1) is 18.4. The van der Waals surface area contributed by atoms with E-state index in [0.717, 1.165) is 31.2 Å². The Morgan fingerprint density at radius 2 is 1.88 bits per heavy atom. The van der Waals surface area contributed by atoms with Crippen LogP contribution in [0.1, 0.15) is 32.1 Å². The zero-order chi connectivity index (χ0) is 18.7. The highest BCUT2D eigenvalue weighted by Crippen LogP contribution is 2.23. The van der Waals surface area contributed by atoms with Crippen molar-refractivity contribution in [3.63, 3.8) is 0 Å². The number of imidazole rings is 1. The average Bonchev–Trinajstić information content (AvgIpc) is 3.10. The fourth-order valence-corrected chi connectivity index (χ4v) is 3.72. The van der Waals surface area contributed by atoms with E-state index in [1.54, 1.807) is 35.4 Å². The van der Waals surface area contributed by atoms with Crippen molar-refractivity contribution in [1.82, 2.24) is 14.5 Å². The Hall–Kier alpha value is -2.39. The number of rotatable bonds is 4. The van der Waals surface area contributed by atoms with Crippen LogP contribution in [0.3, 0.4) is 0 Å². The lowest BCUT2D eigenvalue weighted by atomic mass is 9.95. The minimum absolute atomic E-state index is 0.0943. The molecule has 0 saturated heterocycles. The summed E-state index contributed by atoms with van der Waals surface area (Å²) in [5.74, 6) is 0. The lowest BCUT2D eigenvalue weighted by molar-refractivity contribution is 0.175. The molecule has 9 heteroatoms. The van der Waals surface area contributed by atoms with Gasteiger partial charge in [-0.05, 0) is 25.0 Å². The molecule has 2 aromatic rings. The molecule has 0 atom stereocenters. The topological polar surface area (TPSA) is 110 Å². The van der Waals surface area contributed by atoms with E-state index in [-0.39, 0.29) is 12.1 Å². The van der Waals surface area contributed by atoms with E-state index in [0.29, 0.717) is 11.4 Å². The summed E-state index contributed by atoms with van der Waals surface area (Å²) in [7, 11) is -1.96. The van der Waals surface area contributed by atoms with Gasteiger partial charge in [-0.2, -0.15) is 8.42 Å². The van der Waals surface area contributed by atoms with E-state index in [1.165, 1.54) is 17.3 Å². The minimum Gasteiger partial charge on any atom is -0.324 e. The number of anilines is 1. The second-order valence-electron chi connectivity index (χ2n) is 6.58. The predicted octanol–water partition coefficient (Wildman–Crippen LogP) is 2.40. The Morgan fingerprint density at radius 3 is 2.50 bits per heavy atom. The van der Waals surface area contributed by atoms with Gasteiger partial charge in [-0.3, -0.25) is 9.29 Å². The van der Waals surface area contributed by atoms with Crippen LogP contribution in [0.15, 0.2) is 36.8 Å². The molecule has 0 radical (unpaired) electrons. The first-order valence-corrected chi connectivity index (χ1v) is 10.1. The smallest absolute Gasteiger partial charge is 0.324 e. The fraction of sp³-hybridized carbons (Fsp3) is 0.412.